The highest BCUT2D eigenvalue weighted by atomic mass is 127. The van der Waals surface area contributed by atoms with E-state index in [2.05, 4.69) is 27.1 Å². The van der Waals surface area contributed by atoms with Crippen molar-refractivity contribution in [3.8, 4) is 0 Å². The van der Waals surface area contributed by atoms with Crippen molar-refractivity contribution in [2.45, 2.75) is 45.6 Å². The minimum Gasteiger partial charge on any atom is -0.357 e. The molecule has 1 saturated heterocycles. The summed E-state index contributed by atoms with van der Waals surface area (Å²) in [4.78, 5) is 34.0. The van der Waals surface area contributed by atoms with Gasteiger partial charge in [-0.3, -0.25) is 14.6 Å². The average Bonchev–Trinajstić information content (AvgIpc) is 3.33. The molecule has 0 aliphatic carbocycles. The van der Waals surface area contributed by atoms with Gasteiger partial charge in [0.25, 0.3) is 0 Å². The van der Waals surface area contributed by atoms with Crippen LogP contribution in [0.15, 0.2) is 16.4 Å². The summed E-state index contributed by atoms with van der Waals surface area (Å²) >= 11 is 1.79. The van der Waals surface area contributed by atoms with Gasteiger partial charge in [0.15, 0.2) is 5.96 Å². The molecule has 9 heteroatoms. The molecular formula is C20H32IN5O2S. The Morgan fingerprint density at radius 1 is 1.28 bits per heavy atom. The van der Waals surface area contributed by atoms with Crippen molar-refractivity contribution in [2.75, 3.05) is 39.3 Å². The Kier molecular flexibility index (Phi) is 10.2. The van der Waals surface area contributed by atoms with Crippen LogP contribution in [-0.4, -0.2) is 66.8 Å². The highest BCUT2D eigenvalue weighted by molar-refractivity contribution is 14.0. The maximum absolute atomic E-state index is 12.5. The molecule has 29 heavy (non-hydrogen) atoms. The lowest BCUT2D eigenvalue weighted by Gasteiger charge is -2.27. The van der Waals surface area contributed by atoms with Gasteiger partial charge >= 0.3 is 0 Å². The number of carbonyl (C=O) groups excluding carboxylic acids is 2. The number of amides is 2. The van der Waals surface area contributed by atoms with E-state index < -0.39 is 0 Å². The van der Waals surface area contributed by atoms with Gasteiger partial charge in [0.2, 0.25) is 11.8 Å². The van der Waals surface area contributed by atoms with E-state index in [-0.39, 0.29) is 35.8 Å². The van der Waals surface area contributed by atoms with Gasteiger partial charge in [0.05, 0.1) is 0 Å². The monoisotopic (exact) mass is 533 g/mol. The van der Waals surface area contributed by atoms with Crippen molar-refractivity contribution < 1.29 is 9.59 Å². The van der Waals surface area contributed by atoms with Gasteiger partial charge in [-0.05, 0) is 43.2 Å². The van der Waals surface area contributed by atoms with E-state index in [4.69, 9.17) is 0 Å². The number of thiophene rings is 1. The second-order valence-corrected chi connectivity index (χ2v) is 8.21. The van der Waals surface area contributed by atoms with E-state index in [1.165, 1.54) is 10.4 Å². The molecule has 0 saturated carbocycles. The third kappa shape index (κ3) is 7.13. The van der Waals surface area contributed by atoms with E-state index in [1.54, 1.807) is 11.3 Å². The number of likely N-dealkylation sites (tertiary alicyclic amines) is 1. The van der Waals surface area contributed by atoms with Crippen molar-refractivity contribution in [1.82, 2.24) is 20.4 Å². The van der Waals surface area contributed by atoms with E-state index in [9.17, 15) is 9.59 Å². The third-order valence-electron chi connectivity index (χ3n) is 5.16. The quantitative estimate of drug-likeness (QED) is 0.233. The third-order valence-corrected chi connectivity index (χ3v) is 6.19. The van der Waals surface area contributed by atoms with Gasteiger partial charge in [-0.15, -0.1) is 35.3 Å². The van der Waals surface area contributed by atoms with Crippen LogP contribution in [0, 0.1) is 0 Å². The minimum absolute atomic E-state index is 0. The number of hydrogen-bond donors (Lipinski definition) is 2. The Balaban J connectivity index is 0.00000300. The Hall–Kier alpha value is -1.36. The Morgan fingerprint density at radius 3 is 2.90 bits per heavy atom. The van der Waals surface area contributed by atoms with E-state index in [0.29, 0.717) is 25.9 Å². The second kappa shape index (κ2) is 12.4. The molecule has 7 nitrogen and oxygen atoms in total. The number of fused-ring (bicyclic) bond motifs is 1. The predicted molar refractivity (Wildman–Crippen MR) is 128 cm³/mol. The van der Waals surface area contributed by atoms with Crippen LogP contribution in [-0.2, 0) is 22.6 Å². The van der Waals surface area contributed by atoms with Crippen LogP contribution >= 0.6 is 35.3 Å². The molecule has 162 valence electrons. The van der Waals surface area contributed by atoms with Crippen LogP contribution in [0.3, 0.4) is 0 Å². The normalized spacial score (nSPS) is 16.4. The number of carbonyl (C=O) groups is 2. The van der Waals surface area contributed by atoms with Crippen LogP contribution in [0.2, 0.25) is 0 Å². The fourth-order valence-electron chi connectivity index (χ4n) is 3.64. The summed E-state index contributed by atoms with van der Waals surface area (Å²) in [6, 6.07) is 2.13. The molecule has 0 spiro atoms. The topological polar surface area (TPSA) is 77.0 Å². The molecule has 2 amide bonds. The van der Waals surface area contributed by atoms with Crippen LogP contribution < -0.4 is 10.6 Å². The van der Waals surface area contributed by atoms with E-state index >= 15 is 0 Å². The van der Waals surface area contributed by atoms with Gasteiger partial charge in [-0.2, -0.15) is 0 Å². The zero-order valence-electron chi connectivity index (χ0n) is 17.1. The maximum atomic E-state index is 12.5. The minimum atomic E-state index is 0. The average molecular weight is 533 g/mol. The molecule has 3 rings (SSSR count). The molecule has 0 atom stereocenters. The smallest absolute Gasteiger partial charge is 0.224 e. The van der Waals surface area contributed by atoms with Crippen molar-refractivity contribution in [3.63, 3.8) is 0 Å². The summed E-state index contributed by atoms with van der Waals surface area (Å²) in [6.07, 6.45) is 3.96. The van der Waals surface area contributed by atoms with Crippen LogP contribution in [0.4, 0.5) is 0 Å². The molecule has 3 heterocycles. The Bertz CT molecular complexity index is 709. The SMILES string of the molecule is CCNC(=NCCCN1CCCC1=O)NCCC(=O)N1CCc2sccc2C1.I. The number of guanidine groups is 1. The fourth-order valence-corrected chi connectivity index (χ4v) is 4.53. The maximum Gasteiger partial charge on any atom is 0.224 e. The summed E-state index contributed by atoms with van der Waals surface area (Å²) in [5.74, 6) is 1.19. The lowest BCUT2D eigenvalue weighted by molar-refractivity contribution is -0.132. The summed E-state index contributed by atoms with van der Waals surface area (Å²) in [7, 11) is 0. The summed E-state index contributed by atoms with van der Waals surface area (Å²) in [6.45, 7) is 7.25. The first-order chi connectivity index (χ1) is 13.7. The first kappa shape index (κ1) is 23.9. The standard InChI is InChI=1S/C20H31N5O2S.HI/c1-2-21-20(22-9-4-12-24-11-3-5-18(24)26)23-10-6-19(27)25-13-7-17-16(15-25)8-14-28-17;/h8,14H,2-7,9-13,15H2,1H3,(H2,21,22,23);1H. The number of hydrogen-bond acceptors (Lipinski definition) is 4. The molecule has 1 aromatic rings. The van der Waals surface area contributed by atoms with Crippen LogP contribution in [0.25, 0.3) is 0 Å². The highest BCUT2D eigenvalue weighted by Gasteiger charge is 2.21. The molecule has 0 aromatic carbocycles. The fraction of sp³-hybridized carbons (Fsp3) is 0.650. The molecule has 2 aliphatic heterocycles. The first-order valence-corrected chi connectivity index (χ1v) is 11.2. The Labute approximate surface area is 194 Å². The van der Waals surface area contributed by atoms with Crippen molar-refractivity contribution in [1.29, 1.82) is 0 Å². The molecule has 0 bridgehead atoms. The molecule has 2 N–H and O–H groups in total. The lowest BCUT2D eigenvalue weighted by atomic mass is 10.1. The summed E-state index contributed by atoms with van der Waals surface area (Å²) < 4.78 is 0. The van der Waals surface area contributed by atoms with Gasteiger partial charge in [-0.1, -0.05) is 0 Å². The number of rotatable bonds is 8. The van der Waals surface area contributed by atoms with E-state index in [1.807, 2.05) is 16.7 Å². The highest BCUT2D eigenvalue weighted by Crippen LogP contribution is 2.24. The molecule has 0 radical (unpaired) electrons. The van der Waals surface area contributed by atoms with Gasteiger partial charge in [0, 0.05) is 63.5 Å². The summed E-state index contributed by atoms with van der Waals surface area (Å²) in [5.41, 5.74) is 1.30. The van der Waals surface area contributed by atoms with Crippen molar-refractivity contribution in [3.05, 3.63) is 21.9 Å². The van der Waals surface area contributed by atoms with Crippen molar-refractivity contribution in [2.24, 2.45) is 4.99 Å². The molecule has 1 aromatic heterocycles. The molecule has 2 aliphatic rings. The van der Waals surface area contributed by atoms with Gasteiger partial charge in [-0.25, -0.2) is 0 Å². The van der Waals surface area contributed by atoms with Crippen LogP contribution in [0.5, 0.6) is 0 Å². The van der Waals surface area contributed by atoms with Gasteiger partial charge < -0.3 is 20.4 Å². The largest absolute Gasteiger partial charge is 0.357 e. The number of nitrogens with one attached hydrogen (secondary N) is 2. The second-order valence-electron chi connectivity index (χ2n) is 7.21. The zero-order chi connectivity index (χ0) is 19.8. The van der Waals surface area contributed by atoms with E-state index in [0.717, 1.165) is 57.9 Å². The summed E-state index contributed by atoms with van der Waals surface area (Å²) in [5, 5.41) is 8.58. The Morgan fingerprint density at radius 2 is 2.14 bits per heavy atom. The van der Waals surface area contributed by atoms with Gasteiger partial charge in [0.1, 0.15) is 0 Å². The predicted octanol–water partition coefficient (Wildman–Crippen LogP) is 2.21. The van der Waals surface area contributed by atoms with Crippen molar-refractivity contribution >= 4 is 53.1 Å². The number of halogens is 1. The first-order valence-electron chi connectivity index (χ1n) is 10.3. The zero-order valence-corrected chi connectivity index (χ0v) is 20.3. The number of aliphatic imine (C=N–C) groups is 1. The molecule has 0 unspecified atom stereocenters. The van der Waals surface area contributed by atoms with Crippen LogP contribution in [0.1, 0.15) is 43.0 Å². The number of nitrogens with zero attached hydrogens (tertiary/aromatic N) is 3. The molecular weight excluding hydrogens is 501 g/mol. The molecule has 1 fully saturated rings. The lowest BCUT2D eigenvalue weighted by Crippen LogP contribution is -2.41.